The molecule has 0 unspecified atom stereocenters. The fraction of sp³-hybridized carbons (Fsp3) is 0.529. The summed E-state index contributed by atoms with van der Waals surface area (Å²) >= 11 is 2.24. The number of piperazine rings is 1. The molecule has 0 saturated carbocycles. The lowest BCUT2D eigenvalue weighted by atomic mass is 10.3. The smallest absolute Gasteiger partial charge is 0.238 e. The molecule has 1 fully saturated rings. The number of carbonyl (C=O) groups excluding carboxylic acids is 2. The van der Waals surface area contributed by atoms with Gasteiger partial charge in [0.2, 0.25) is 11.8 Å². The van der Waals surface area contributed by atoms with Gasteiger partial charge in [0.25, 0.3) is 0 Å². The zero-order valence-electron chi connectivity index (χ0n) is 14.1. The van der Waals surface area contributed by atoms with Crippen LogP contribution in [-0.2, 0) is 9.59 Å². The summed E-state index contributed by atoms with van der Waals surface area (Å²) in [6, 6.07) is 7.76. The highest BCUT2D eigenvalue weighted by Crippen LogP contribution is 2.11. The van der Waals surface area contributed by atoms with E-state index in [4.69, 9.17) is 0 Å². The minimum Gasteiger partial charge on any atom is -0.355 e. The molecule has 6 nitrogen and oxygen atoms in total. The molecule has 0 bridgehead atoms. The van der Waals surface area contributed by atoms with E-state index >= 15 is 0 Å². The third-order valence-electron chi connectivity index (χ3n) is 3.90. The molecule has 2 N–H and O–H groups in total. The Bertz CT molecular complexity index is 542. The summed E-state index contributed by atoms with van der Waals surface area (Å²) in [6.07, 6.45) is 0.954. The Balaban J connectivity index is 1.67. The highest BCUT2D eigenvalue weighted by Gasteiger charge is 2.20. The lowest BCUT2D eigenvalue weighted by Crippen LogP contribution is -2.51. The van der Waals surface area contributed by atoms with Gasteiger partial charge in [0.15, 0.2) is 0 Å². The summed E-state index contributed by atoms with van der Waals surface area (Å²) in [5.41, 5.74) is 0.826. The molecule has 2 amide bonds. The second-order valence-electron chi connectivity index (χ2n) is 5.96. The topological polar surface area (TPSA) is 64.7 Å². The lowest BCUT2D eigenvalue weighted by molar-refractivity contribution is -0.123. The van der Waals surface area contributed by atoms with Gasteiger partial charge in [0, 0.05) is 42.0 Å². The molecular weight excluding hydrogens is 419 g/mol. The van der Waals surface area contributed by atoms with E-state index in [1.54, 1.807) is 0 Å². The number of halogens is 1. The van der Waals surface area contributed by atoms with Crippen LogP contribution in [-0.4, -0.2) is 67.4 Å². The van der Waals surface area contributed by atoms with Gasteiger partial charge in [-0.3, -0.25) is 19.4 Å². The molecule has 1 aliphatic rings. The Labute approximate surface area is 157 Å². The first-order valence-corrected chi connectivity index (χ1v) is 9.41. The van der Waals surface area contributed by atoms with E-state index in [0.717, 1.165) is 48.4 Å². The second-order valence-corrected chi connectivity index (χ2v) is 7.20. The van der Waals surface area contributed by atoms with Gasteiger partial charge in [-0.05, 0) is 53.3 Å². The number of nitrogens with one attached hydrogen (secondary N) is 2. The van der Waals surface area contributed by atoms with Crippen molar-refractivity contribution in [2.45, 2.75) is 13.3 Å². The molecule has 1 saturated heterocycles. The maximum Gasteiger partial charge on any atom is 0.238 e. The van der Waals surface area contributed by atoms with Crippen molar-refractivity contribution in [3.8, 4) is 0 Å². The molecule has 1 aromatic rings. The van der Waals surface area contributed by atoms with Crippen molar-refractivity contribution >= 4 is 40.1 Å². The first-order chi connectivity index (χ1) is 11.6. The molecule has 0 spiro atoms. The molecule has 2 rings (SSSR count). The van der Waals surface area contributed by atoms with Gasteiger partial charge in [-0.15, -0.1) is 0 Å². The summed E-state index contributed by atoms with van der Waals surface area (Å²) < 4.78 is 1.14. The second kappa shape index (κ2) is 9.95. The first-order valence-electron chi connectivity index (χ1n) is 8.33. The van der Waals surface area contributed by atoms with Crippen LogP contribution in [0.1, 0.15) is 13.3 Å². The van der Waals surface area contributed by atoms with Crippen LogP contribution >= 0.6 is 22.6 Å². The zero-order valence-corrected chi connectivity index (χ0v) is 16.2. The molecule has 0 atom stereocenters. The van der Waals surface area contributed by atoms with Crippen LogP contribution in [0.15, 0.2) is 24.3 Å². The normalized spacial score (nSPS) is 15.9. The van der Waals surface area contributed by atoms with Gasteiger partial charge < -0.3 is 10.6 Å². The van der Waals surface area contributed by atoms with Gasteiger partial charge in [-0.2, -0.15) is 0 Å². The van der Waals surface area contributed by atoms with E-state index in [9.17, 15) is 9.59 Å². The fourth-order valence-electron chi connectivity index (χ4n) is 2.57. The molecule has 0 aromatic heterocycles. The number of amides is 2. The van der Waals surface area contributed by atoms with Crippen LogP contribution in [0.3, 0.4) is 0 Å². The maximum absolute atomic E-state index is 12.1. The van der Waals surface area contributed by atoms with E-state index in [1.165, 1.54) is 0 Å². The SMILES string of the molecule is CCCNC(=O)CN1CCN(CC(=O)Nc2ccc(I)cc2)CC1. The van der Waals surface area contributed by atoms with Gasteiger partial charge >= 0.3 is 0 Å². The number of hydrogen-bond donors (Lipinski definition) is 2. The van der Waals surface area contributed by atoms with Crippen LogP contribution < -0.4 is 10.6 Å². The predicted octanol–water partition coefficient (Wildman–Crippen LogP) is 1.37. The predicted molar refractivity (Wildman–Crippen MR) is 104 cm³/mol. The van der Waals surface area contributed by atoms with Crippen molar-refractivity contribution in [1.82, 2.24) is 15.1 Å². The Hall–Kier alpha value is -1.19. The third kappa shape index (κ3) is 6.74. The molecule has 1 heterocycles. The lowest BCUT2D eigenvalue weighted by Gasteiger charge is -2.33. The van der Waals surface area contributed by atoms with E-state index in [-0.39, 0.29) is 11.8 Å². The fourth-order valence-corrected chi connectivity index (χ4v) is 2.93. The van der Waals surface area contributed by atoms with Crippen molar-refractivity contribution < 1.29 is 9.59 Å². The number of anilines is 1. The molecule has 132 valence electrons. The summed E-state index contributed by atoms with van der Waals surface area (Å²) in [4.78, 5) is 28.1. The van der Waals surface area contributed by atoms with Crippen molar-refractivity contribution in [2.24, 2.45) is 0 Å². The van der Waals surface area contributed by atoms with Crippen LogP contribution in [0.4, 0.5) is 5.69 Å². The molecular formula is C17H25IN4O2. The van der Waals surface area contributed by atoms with E-state index in [1.807, 2.05) is 31.2 Å². The Kier molecular flexibility index (Phi) is 7.93. The van der Waals surface area contributed by atoms with Crippen molar-refractivity contribution in [3.05, 3.63) is 27.8 Å². The zero-order chi connectivity index (χ0) is 17.4. The van der Waals surface area contributed by atoms with Crippen LogP contribution in [0.5, 0.6) is 0 Å². The summed E-state index contributed by atoms with van der Waals surface area (Å²) in [5.74, 6) is 0.0899. The molecule has 7 heteroatoms. The highest BCUT2D eigenvalue weighted by atomic mass is 127. The van der Waals surface area contributed by atoms with Crippen LogP contribution in [0, 0.1) is 3.57 Å². The van der Waals surface area contributed by atoms with Crippen molar-refractivity contribution in [1.29, 1.82) is 0 Å². The first kappa shape index (κ1) is 19.1. The summed E-state index contributed by atoms with van der Waals surface area (Å²) in [5, 5.41) is 5.82. The number of rotatable bonds is 7. The average molecular weight is 444 g/mol. The number of carbonyl (C=O) groups is 2. The monoisotopic (exact) mass is 444 g/mol. The highest BCUT2D eigenvalue weighted by molar-refractivity contribution is 14.1. The van der Waals surface area contributed by atoms with E-state index in [0.29, 0.717) is 13.1 Å². The van der Waals surface area contributed by atoms with Gasteiger partial charge in [-0.25, -0.2) is 0 Å². The van der Waals surface area contributed by atoms with Crippen LogP contribution in [0.25, 0.3) is 0 Å². The number of nitrogens with zero attached hydrogens (tertiary/aromatic N) is 2. The molecule has 1 aromatic carbocycles. The third-order valence-corrected chi connectivity index (χ3v) is 4.62. The number of hydrogen-bond acceptors (Lipinski definition) is 4. The molecule has 24 heavy (non-hydrogen) atoms. The van der Waals surface area contributed by atoms with Gasteiger partial charge in [0.1, 0.15) is 0 Å². The largest absolute Gasteiger partial charge is 0.355 e. The standard InChI is InChI=1S/C17H25IN4O2/c1-2-7-19-16(23)12-21-8-10-22(11-9-21)13-17(24)20-15-5-3-14(18)4-6-15/h3-6H,2,7-13H2,1H3,(H,19,23)(H,20,24). The Morgan fingerprint density at radius 3 is 2.08 bits per heavy atom. The van der Waals surface area contributed by atoms with E-state index in [2.05, 4.69) is 43.0 Å². The van der Waals surface area contributed by atoms with Gasteiger partial charge in [-0.1, -0.05) is 6.92 Å². The van der Waals surface area contributed by atoms with Crippen molar-refractivity contribution in [2.75, 3.05) is 51.1 Å². The summed E-state index contributed by atoms with van der Waals surface area (Å²) in [6.45, 7) is 6.86. The van der Waals surface area contributed by atoms with E-state index < -0.39 is 0 Å². The minimum atomic E-state index is 0.00495. The van der Waals surface area contributed by atoms with Gasteiger partial charge in [0.05, 0.1) is 13.1 Å². The molecule has 1 aliphatic heterocycles. The number of benzene rings is 1. The summed E-state index contributed by atoms with van der Waals surface area (Å²) in [7, 11) is 0. The Morgan fingerprint density at radius 2 is 1.54 bits per heavy atom. The maximum atomic E-state index is 12.1. The minimum absolute atomic E-state index is 0.00495. The van der Waals surface area contributed by atoms with Crippen molar-refractivity contribution in [3.63, 3.8) is 0 Å². The molecule has 0 radical (unpaired) electrons. The quantitative estimate of drug-likeness (QED) is 0.624. The molecule has 0 aliphatic carbocycles. The average Bonchev–Trinajstić information content (AvgIpc) is 2.57. The Morgan fingerprint density at radius 1 is 1.00 bits per heavy atom. The van der Waals surface area contributed by atoms with Crippen LogP contribution in [0.2, 0.25) is 0 Å².